The maximum absolute atomic E-state index is 14.5. The van der Waals surface area contributed by atoms with Crippen molar-refractivity contribution in [3.63, 3.8) is 0 Å². The fourth-order valence-electron chi connectivity index (χ4n) is 7.49. The number of hydrogen-bond acceptors (Lipinski definition) is 12. The second kappa shape index (κ2) is 26.2. The van der Waals surface area contributed by atoms with Crippen LogP contribution in [0.1, 0.15) is 73.7 Å². The number of esters is 2. The van der Waals surface area contributed by atoms with Gasteiger partial charge in [0.2, 0.25) is 11.8 Å². The van der Waals surface area contributed by atoms with E-state index in [2.05, 4.69) is 16.0 Å². The van der Waals surface area contributed by atoms with Crippen molar-refractivity contribution >= 4 is 29.8 Å². The molecule has 370 valence electrons. The molecule has 1 saturated heterocycles. The summed E-state index contributed by atoms with van der Waals surface area (Å²) in [6, 6.07) is 43.0. The predicted octanol–water partition coefficient (Wildman–Crippen LogP) is 7.61. The molecule has 7 atom stereocenters. The third-order valence-corrected chi connectivity index (χ3v) is 11.0. The first-order valence-corrected chi connectivity index (χ1v) is 23.4. The first kappa shape index (κ1) is 52.5. The van der Waals surface area contributed by atoms with E-state index in [9.17, 15) is 24.0 Å². The van der Waals surface area contributed by atoms with Crippen molar-refractivity contribution in [3.05, 3.63) is 179 Å². The molecule has 0 aliphatic carbocycles. The van der Waals surface area contributed by atoms with Gasteiger partial charge in [-0.1, -0.05) is 153 Å². The van der Waals surface area contributed by atoms with Crippen molar-refractivity contribution in [2.75, 3.05) is 6.61 Å². The van der Waals surface area contributed by atoms with Crippen LogP contribution in [0.15, 0.2) is 152 Å². The lowest BCUT2D eigenvalue weighted by Gasteiger charge is -2.46. The topological polar surface area (TPSA) is 186 Å². The van der Waals surface area contributed by atoms with E-state index in [1.54, 1.807) is 89.2 Å². The zero-order valence-electron chi connectivity index (χ0n) is 40.2. The van der Waals surface area contributed by atoms with Gasteiger partial charge in [-0.2, -0.15) is 0 Å². The summed E-state index contributed by atoms with van der Waals surface area (Å²) in [6.45, 7) is 8.77. The van der Waals surface area contributed by atoms with Gasteiger partial charge in [-0.05, 0) is 61.1 Å². The zero-order valence-corrected chi connectivity index (χ0v) is 40.2. The summed E-state index contributed by atoms with van der Waals surface area (Å²) in [4.78, 5) is 69.5. The molecule has 1 heterocycles. The van der Waals surface area contributed by atoms with E-state index in [1.165, 1.54) is 0 Å². The van der Waals surface area contributed by atoms with Gasteiger partial charge in [0.1, 0.15) is 42.6 Å². The van der Waals surface area contributed by atoms with Crippen LogP contribution in [-0.4, -0.2) is 84.8 Å². The fourth-order valence-corrected chi connectivity index (χ4v) is 7.49. The molecule has 3 N–H and O–H groups in total. The molecule has 1 aliphatic heterocycles. The normalized spacial score (nSPS) is 18.7. The predicted molar refractivity (Wildman–Crippen MR) is 259 cm³/mol. The number of nitrogens with one attached hydrogen (secondary N) is 3. The summed E-state index contributed by atoms with van der Waals surface area (Å²) in [7, 11) is 0. The summed E-state index contributed by atoms with van der Waals surface area (Å²) in [5, 5.41) is 8.03. The Morgan fingerprint density at radius 1 is 0.600 bits per heavy atom. The maximum atomic E-state index is 14.5. The summed E-state index contributed by atoms with van der Waals surface area (Å²) < 4.78 is 43.7. The molecule has 0 unspecified atom stereocenters. The third-order valence-electron chi connectivity index (χ3n) is 11.0. The van der Waals surface area contributed by atoms with Gasteiger partial charge in [0, 0.05) is 0 Å². The van der Waals surface area contributed by atoms with Crippen molar-refractivity contribution in [2.45, 2.75) is 116 Å². The molecule has 0 aromatic heterocycles. The lowest BCUT2D eigenvalue weighted by atomic mass is 9.96. The van der Waals surface area contributed by atoms with Crippen molar-refractivity contribution in [1.82, 2.24) is 16.0 Å². The minimum absolute atomic E-state index is 0.0492. The highest BCUT2D eigenvalue weighted by atomic mass is 16.6. The van der Waals surface area contributed by atoms with Crippen molar-refractivity contribution < 1.29 is 57.1 Å². The number of rotatable bonds is 22. The van der Waals surface area contributed by atoms with Crippen LogP contribution in [0.3, 0.4) is 0 Å². The molecule has 3 amide bonds. The molecule has 0 radical (unpaired) electrons. The molecule has 1 fully saturated rings. The molecule has 15 nitrogen and oxygen atoms in total. The first-order chi connectivity index (χ1) is 33.7. The molecule has 1 aliphatic rings. The molecule has 5 aromatic rings. The van der Waals surface area contributed by atoms with Crippen molar-refractivity contribution in [3.8, 4) is 0 Å². The molecule has 0 bridgehead atoms. The van der Waals surface area contributed by atoms with Gasteiger partial charge < -0.3 is 49.1 Å². The minimum Gasteiger partial charge on any atom is -0.458 e. The van der Waals surface area contributed by atoms with E-state index in [1.807, 2.05) is 97.1 Å². The van der Waals surface area contributed by atoms with E-state index in [0.717, 1.165) is 16.7 Å². The summed E-state index contributed by atoms with van der Waals surface area (Å²) >= 11 is 0. The number of carbonyl (C=O) groups excluding carboxylic acids is 5. The highest BCUT2D eigenvalue weighted by Gasteiger charge is 2.51. The Kier molecular flexibility index (Phi) is 19.6. The second-order valence-corrected chi connectivity index (χ2v) is 18.1. The van der Waals surface area contributed by atoms with E-state index in [-0.39, 0.29) is 38.6 Å². The monoisotopic (exact) mass is 957 g/mol. The molecule has 6 rings (SSSR count). The molecule has 5 aromatic carbocycles. The first-order valence-electron chi connectivity index (χ1n) is 23.4. The Hall–Kier alpha value is -6.91. The minimum atomic E-state index is -1.59. The van der Waals surface area contributed by atoms with Crippen LogP contribution in [0, 0.1) is 5.92 Å². The molecule has 0 spiro atoms. The van der Waals surface area contributed by atoms with E-state index < -0.39 is 90.5 Å². The van der Waals surface area contributed by atoms with Crippen LogP contribution in [-0.2, 0) is 74.0 Å². The maximum Gasteiger partial charge on any atom is 0.408 e. The average Bonchev–Trinajstić information content (AvgIpc) is 3.35. The van der Waals surface area contributed by atoms with Crippen LogP contribution in [0.25, 0.3) is 0 Å². The van der Waals surface area contributed by atoms with Gasteiger partial charge in [-0.25, -0.2) is 14.4 Å². The molecule has 70 heavy (non-hydrogen) atoms. The number of alkyl carbamates (subject to hydrolysis) is 1. The van der Waals surface area contributed by atoms with Gasteiger partial charge >= 0.3 is 18.0 Å². The number of carbonyl (C=O) groups is 5. The van der Waals surface area contributed by atoms with Gasteiger partial charge in [0.05, 0.1) is 38.4 Å². The highest BCUT2D eigenvalue weighted by Crippen LogP contribution is 2.31. The van der Waals surface area contributed by atoms with E-state index in [4.69, 9.17) is 33.2 Å². The smallest absolute Gasteiger partial charge is 0.408 e. The van der Waals surface area contributed by atoms with Crippen LogP contribution in [0.5, 0.6) is 0 Å². The number of hydrogen-bond donors (Lipinski definition) is 3. The number of benzene rings is 5. The molecule has 0 saturated carbocycles. The van der Waals surface area contributed by atoms with Gasteiger partial charge in [-0.15, -0.1) is 0 Å². The van der Waals surface area contributed by atoms with Crippen LogP contribution in [0.2, 0.25) is 0 Å². The Bertz CT molecular complexity index is 2400. The Morgan fingerprint density at radius 2 is 1.09 bits per heavy atom. The zero-order chi connectivity index (χ0) is 49.9. The van der Waals surface area contributed by atoms with Gasteiger partial charge in [0.25, 0.3) is 0 Å². The molecular weight excluding hydrogens is 895 g/mol. The van der Waals surface area contributed by atoms with Crippen LogP contribution < -0.4 is 16.0 Å². The van der Waals surface area contributed by atoms with Gasteiger partial charge in [0.15, 0.2) is 12.3 Å². The Balaban J connectivity index is 1.33. The summed E-state index contributed by atoms with van der Waals surface area (Å²) in [6.07, 6.45) is -7.43. The summed E-state index contributed by atoms with van der Waals surface area (Å²) in [5.41, 5.74) is 2.61. The third kappa shape index (κ3) is 16.7. The van der Waals surface area contributed by atoms with E-state index in [0.29, 0.717) is 5.56 Å². The number of ether oxygens (including phenoxy) is 7. The van der Waals surface area contributed by atoms with Crippen LogP contribution >= 0.6 is 0 Å². The Morgan fingerprint density at radius 3 is 1.60 bits per heavy atom. The van der Waals surface area contributed by atoms with Crippen molar-refractivity contribution in [2.24, 2.45) is 5.92 Å². The molecule has 15 heteroatoms. The SMILES string of the molecule is CC(C)[C@H](NC(=O)[C@H](CC(=O)N[C@H]1O[C@H](COCc2ccccc2)[C@H](OCc2ccccc2)[C@H](OCc2ccccc2)[C@H]1OC(=O)c1ccccc1)NC(=O)OCc1ccccc1)C(=O)OC(C)(C)C. The highest BCUT2D eigenvalue weighted by molar-refractivity contribution is 5.93. The second-order valence-electron chi connectivity index (χ2n) is 18.1. The largest absolute Gasteiger partial charge is 0.458 e. The van der Waals surface area contributed by atoms with Crippen molar-refractivity contribution in [1.29, 1.82) is 0 Å². The quantitative estimate of drug-likeness (QED) is 0.0456. The lowest BCUT2D eigenvalue weighted by molar-refractivity contribution is -0.265. The molecular formula is C55H63N3O12. The standard InChI is InChI=1S/C55H63N3O12/c1-37(2)46(53(62)70-55(3,4)5)58-50(60)43(56-54(63)67-35-41-27-17-9-18-28-41)31-45(59)57-51-49(69-52(61)42-29-19-10-20-30-42)48(66-34-40-25-15-8-16-26-40)47(65-33-39-23-13-7-14-24-39)44(68-51)36-64-32-38-21-11-6-12-22-38/h6-30,37,43-44,46-49,51H,31-36H2,1-5H3,(H,56,63)(H,57,59)(H,58,60)/t43-,44+,46-,47-,48-,49+,51-/m0/s1. The Labute approximate surface area is 409 Å². The van der Waals surface area contributed by atoms with Crippen LogP contribution in [0.4, 0.5) is 4.79 Å². The lowest BCUT2D eigenvalue weighted by Crippen LogP contribution is -2.66. The summed E-state index contributed by atoms with van der Waals surface area (Å²) in [5.74, 6) is -3.54. The van der Waals surface area contributed by atoms with E-state index >= 15 is 0 Å². The fraction of sp³-hybridized carbons (Fsp3) is 0.364. The van der Waals surface area contributed by atoms with Gasteiger partial charge in [-0.3, -0.25) is 9.59 Å². The number of amides is 3. The average molecular weight is 958 g/mol.